The number of nitrogens with two attached hydrogens (primary N) is 1. The molecule has 4 heteroatoms. The topological polar surface area (TPSA) is 61.6 Å². The first-order valence-corrected chi connectivity index (χ1v) is 12.1. The Balaban J connectivity index is 1.53. The molecule has 0 amide bonds. The van der Waals surface area contributed by atoms with Crippen LogP contribution < -0.4 is 15.2 Å². The standard InChI is InChI=1S/C30H31NO3/c31-19-24-16-28(33-20-22-8-3-1-4-9-22)29(34-21-23-10-5-2-6-11-23)18-27(24)30-14-7-12-25(30)17-26(32)13-15-30/h1-6,8-11,13,15-16,18,25H,7,12,14,17,19-21,31H2/t25-,30-/m0/s1. The number of carbonyl (C=O) groups excluding carboxylic acids is 1. The van der Waals surface area contributed by atoms with E-state index in [-0.39, 0.29) is 11.2 Å². The molecule has 2 aliphatic rings. The number of rotatable bonds is 8. The van der Waals surface area contributed by atoms with Crippen molar-refractivity contribution in [3.63, 3.8) is 0 Å². The van der Waals surface area contributed by atoms with Gasteiger partial charge in [-0.1, -0.05) is 73.2 Å². The Morgan fingerprint density at radius 2 is 1.50 bits per heavy atom. The number of ether oxygens (including phenoxy) is 2. The molecule has 5 rings (SSSR count). The summed E-state index contributed by atoms with van der Waals surface area (Å²) in [5, 5.41) is 0. The van der Waals surface area contributed by atoms with Crippen molar-refractivity contribution >= 4 is 5.78 Å². The quantitative estimate of drug-likeness (QED) is 0.463. The van der Waals surface area contributed by atoms with Gasteiger partial charge in [0.1, 0.15) is 13.2 Å². The number of fused-ring (bicyclic) bond motifs is 1. The van der Waals surface area contributed by atoms with Crippen LogP contribution in [0.25, 0.3) is 0 Å². The van der Waals surface area contributed by atoms with Crippen LogP contribution in [0.15, 0.2) is 84.9 Å². The van der Waals surface area contributed by atoms with Gasteiger partial charge in [0.05, 0.1) is 0 Å². The van der Waals surface area contributed by atoms with Gasteiger partial charge in [-0.05, 0) is 59.2 Å². The number of benzene rings is 3. The third kappa shape index (κ3) is 4.51. The van der Waals surface area contributed by atoms with E-state index >= 15 is 0 Å². The SMILES string of the molecule is NCc1cc(OCc2ccccc2)c(OCc2ccccc2)cc1[C@@]12C=CC(=O)C[C@@H]1CCC2. The molecule has 3 aromatic carbocycles. The number of hydrogen-bond acceptors (Lipinski definition) is 4. The van der Waals surface area contributed by atoms with E-state index in [1.807, 2.05) is 42.5 Å². The highest BCUT2D eigenvalue weighted by molar-refractivity contribution is 5.91. The first-order chi connectivity index (χ1) is 16.7. The van der Waals surface area contributed by atoms with Crippen molar-refractivity contribution in [3.05, 3.63) is 107 Å². The molecule has 0 spiro atoms. The maximum atomic E-state index is 12.2. The van der Waals surface area contributed by atoms with Gasteiger partial charge in [-0.15, -0.1) is 0 Å². The van der Waals surface area contributed by atoms with Gasteiger partial charge in [0.15, 0.2) is 17.3 Å². The second-order valence-corrected chi connectivity index (χ2v) is 9.34. The molecule has 1 saturated carbocycles. The largest absolute Gasteiger partial charge is 0.485 e. The zero-order valence-corrected chi connectivity index (χ0v) is 19.4. The molecule has 4 nitrogen and oxygen atoms in total. The Morgan fingerprint density at radius 1 is 0.882 bits per heavy atom. The van der Waals surface area contributed by atoms with E-state index in [1.165, 1.54) is 5.56 Å². The Morgan fingerprint density at radius 3 is 2.12 bits per heavy atom. The molecule has 174 valence electrons. The van der Waals surface area contributed by atoms with Crippen LogP contribution in [-0.2, 0) is 30.0 Å². The van der Waals surface area contributed by atoms with E-state index in [0.717, 1.165) is 41.7 Å². The number of carbonyl (C=O) groups is 1. The Labute approximate surface area is 201 Å². The van der Waals surface area contributed by atoms with Gasteiger partial charge in [-0.3, -0.25) is 4.79 Å². The summed E-state index contributed by atoms with van der Waals surface area (Å²) in [6.07, 6.45) is 7.71. The van der Waals surface area contributed by atoms with Gasteiger partial charge in [-0.25, -0.2) is 0 Å². The lowest BCUT2D eigenvalue weighted by atomic mass is 9.66. The molecule has 0 unspecified atom stereocenters. The van der Waals surface area contributed by atoms with Crippen molar-refractivity contribution in [1.29, 1.82) is 0 Å². The number of allylic oxidation sites excluding steroid dienone is 2. The molecule has 0 radical (unpaired) electrons. The number of ketones is 1. The highest BCUT2D eigenvalue weighted by Gasteiger charge is 2.46. The van der Waals surface area contributed by atoms with E-state index in [1.54, 1.807) is 6.08 Å². The molecular formula is C30H31NO3. The van der Waals surface area contributed by atoms with Crippen LogP contribution in [0.3, 0.4) is 0 Å². The second kappa shape index (κ2) is 9.86. The molecule has 34 heavy (non-hydrogen) atoms. The maximum Gasteiger partial charge on any atom is 0.162 e. The minimum Gasteiger partial charge on any atom is -0.485 e. The maximum absolute atomic E-state index is 12.2. The van der Waals surface area contributed by atoms with Crippen LogP contribution in [0.2, 0.25) is 0 Å². The van der Waals surface area contributed by atoms with Gasteiger partial charge in [-0.2, -0.15) is 0 Å². The van der Waals surface area contributed by atoms with Gasteiger partial charge in [0, 0.05) is 18.4 Å². The van der Waals surface area contributed by atoms with Crippen molar-refractivity contribution in [1.82, 2.24) is 0 Å². The minimum atomic E-state index is -0.161. The Kier molecular flexibility index (Phi) is 6.50. The molecule has 0 aromatic heterocycles. The molecule has 0 aliphatic heterocycles. The van der Waals surface area contributed by atoms with Crippen LogP contribution in [0.1, 0.15) is 47.9 Å². The third-order valence-electron chi connectivity index (χ3n) is 7.25. The molecule has 0 bridgehead atoms. The summed E-state index contributed by atoms with van der Waals surface area (Å²) in [4.78, 5) is 12.2. The molecule has 3 aromatic rings. The molecule has 2 aliphatic carbocycles. The predicted molar refractivity (Wildman–Crippen MR) is 134 cm³/mol. The fourth-order valence-electron chi connectivity index (χ4n) is 5.50. The predicted octanol–water partition coefficient (Wildman–Crippen LogP) is 5.87. The first-order valence-electron chi connectivity index (χ1n) is 12.1. The zero-order valence-electron chi connectivity index (χ0n) is 19.4. The van der Waals surface area contributed by atoms with Crippen molar-refractivity contribution in [2.45, 2.75) is 50.9 Å². The lowest BCUT2D eigenvalue weighted by Gasteiger charge is -2.37. The summed E-state index contributed by atoms with van der Waals surface area (Å²) in [5.41, 5.74) is 10.5. The van der Waals surface area contributed by atoms with E-state index < -0.39 is 0 Å². The highest BCUT2D eigenvalue weighted by Crippen LogP contribution is 2.52. The van der Waals surface area contributed by atoms with Crippen LogP contribution >= 0.6 is 0 Å². The van der Waals surface area contributed by atoms with E-state index in [9.17, 15) is 4.79 Å². The Hall–Kier alpha value is -3.37. The number of hydrogen-bond donors (Lipinski definition) is 1. The second-order valence-electron chi connectivity index (χ2n) is 9.34. The summed E-state index contributed by atoms with van der Waals surface area (Å²) >= 11 is 0. The van der Waals surface area contributed by atoms with Gasteiger partial charge < -0.3 is 15.2 Å². The monoisotopic (exact) mass is 453 g/mol. The zero-order chi connectivity index (χ0) is 23.4. The van der Waals surface area contributed by atoms with Gasteiger partial charge >= 0.3 is 0 Å². The van der Waals surface area contributed by atoms with Gasteiger partial charge in [0.25, 0.3) is 0 Å². The Bertz CT molecular complexity index is 1170. The average molecular weight is 454 g/mol. The summed E-state index contributed by atoms with van der Waals surface area (Å²) in [6.45, 7) is 1.31. The average Bonchev–Trinajstić information content (AvgIpc) is 3.31. The molecule has 2 N–H and O–H groups in total. The third-order valence-corrected chi connectivity index (χ3v) is 7.25. The van der Waals surface area contributed by atoms with Crippen molar-refractivity contribution in [2.75, 3.05) is 0 Å². The van der Waals surface area contributed by atoms with Crippen molar-refractivity contribution in [3.8, 4) is 11.5 Å². The molecule has 1 fully saturated rings. The van der Waals surface area contributed by atoms with E-state index in [2.05, 4.69) is 36.4 Å². The summed E-state index contributed by atoms with van der Waals surface area (Å²) in [5.74, 6) is 1.96. The van der Waals surface area contributed by atoms with E-state index in [0.29, 0.717) is 37.8 Å². The molecule has 0 saturated heterocycles. The smallest absolute Gasteiger partial charge is 0.162 e. The normalized spacial score (nSPS) is 21.3. The minimum absolute atomic E-state index is 0.161. The highest BCUT2D eigenvalue weighted by atomic mass is 16.5. The molecular weight excluding hydrogens is 422 g/mol. The first kappa shape index (κ1) is 22.4. The van der Waals surface area contributed by atoms with Crippen LogP contribution in [0, 0.1) is 5.92 Å². The fraction of sp³-hybridized carbons (Fsp3) is 0.300. The van der Waals surface area contributed by atoms with Crippen LogP contribution in [-0.4, -0.2) is 5.78 Å². The fourth-order valence-corrected chi connectivity index (χ4v) is 5.50. The lowest BCUT2D eigenvalue weighted by molar-refractivity contribution is -0.116. The van der Waals surface area contributed by atoms with Crippen molar-refractivity contribution < 1.29 is 14.3 Å². The summed E-state index contributed by atoms with van der Waals surface area (Å²) in [6, 6.07) is 24.4. The van der Waals surface area contributed by atoms with Gasteiger partial charge in [0.2, 0.25) is 0 Å². The summed E-state index contributed by atoms with van der Waals surface area (Å²) < 4.78 is 12.6. The lowest BCUT2D eigenvalue weighted by Crippen LogP contribution is -2.34. The van der Waals surface area contributed by atoms with Crippen molar-refractivity contribution in [2.24, 2.45) is 11.7 Å². The van der Waals surface area contributed by atoms with Crippen LogP contribution in [0.4, 0.5) is 0 Å². The summed E-state index contributed by atoms with van der Waals surface area (Å²) in [7, 11) is 0. The van der Waals surface area contributed by atoms with E-state index in [4.69, 9.17) is 15.2 Å². The van der Waals surface area contributed by atoms with Crippen LogP contribution in [0.5, 0.6) is 11.5 Å². The molecule has 2 atom stereocenters. The molecule has 0 heterocycles.